The van der Waals surface area contributed by atoms with E-state index in [-0.39, 0.29) is 5.92 Å². The second-order valence-corrected chi connectivity index (χ2v) is 11.6. The SMILES string of the molecule is C1=CC(c2nc(-c3ccccc3)nc(-c3cccc4oc5ccccc5c34)n2)CC=C1c1ccc2ccc3ccccc3c2c1. The fourth-order valence-corrected chi connectivity index (χ4v) is 6.56. The van der Waals surface area contributed by atoms with Crippen molar-refractivity contribution in [3.05, 3.63) is 157 Å². The van der Waals surface area contributed by atoms with Crippen LogP contribution in [0, 0.1) is 0 Å². The van der Waals surface area contributed by atoms with Crippen molar-refractivity contribution in [2.45, 2.75) is 12.3 Å². The minimum atomic E-state index is 0.0274. The molecule has 1 unspecified atom stereocenters. The second-order valence-electron chi connectivity index (χ2n) is 11.6. The molecular formula is C41H27N3O. The van der Waals surface area contributed by atoms with Gasteiger partial charge in [-0.1, -0.05) is 127 Å². The molecule has 212 valence electrons. The number of aromatic nitrogens is 3. The van der Waals surface area contributed by atoms with Gasteiger partial charge >= 0.3 is 0 Å². The molecular weight excluding hydrogens is 550 g/mol. The van der Waals surface area contributed by atoms with Gasteiger partial charge in [0, 0.05) is 27.8 Å². The smallest absolute Gasteiger partial charge is 0.164 e. The first-order valence-corrected chi connectivity index (χ1v) is 15.3. The molecule has 4 nitrogen and oxygen atoms in total. The van der Waals surface area contributed by atoms with Crippen LogP contribution in [0.25, 0.3) is 71.8 Å². The van der Waals surface area contributed by atoms with Crippen LogP contribution < -0.4 is 0 Å². The van der Waals surface area contributed by atoms with E-state index in [1.807, 2.05) is 48.5 Å². The summed E-state index contributed by atoms with van der Waals surface area (Å²) < 4.78 is 6.19. The van der Waals surface area contributed by atoms with Gasteiger partial charge in [0.05, 0.1) is 0 Å². The van der Waals surface area contributed by atoms with E-state index < -0.39 is 0 Å². The zero-order valence-corrected chi connectivity index (χ0v) is 24.4. The average Bonchev–Trinajstić information content (AvgIpc) is 3.51. The Balaban J connectivity index is 1.13. The van der Waals surface area contributed by atoms with Crippen LogP contribution in [0.3, 0.4) is 0 Å². The molecule has 0 amide bonds. The summed E-state index contributed by atoms with van der Waals surface area (Å²) in [6.45, 7) is 0. The maximum absolute atomic E-state index is 6.19. The number of para-hydroxylation sites is 1. The highest BCUT2D eigenvalue weighted by molar-refractivity contribution is 6.12. The largest absolute Gasteiger partial charge is 0.456 e. The standard InChI is InChI=1S/C41H27N3O/c1-2-10-29(11-3-1)39-42-40(44-41(43-39)34-14-8-16-37-38(34)33-13-6-7-15-36(33)45-37)30-22-17-26(18-23-30)31-24-21-28-20-19-27-9-4-5-12-32(27)35(28)25-31/h1-22,24-25,30H,23H2. The van der Waals surface area contributed by atoms with E-state index in [9.17, 15) is 0 Å². The summed E-state index contributed by atoms with van der Waals surface area (Å²) in [5.41, 5.74) is 6.02. The van der Waals surface area contributed by atoms with Gasteiger partial charge in [0.15, 0.2) is 11.6 Å². The minimum absolute atomic E-state index is 0.0274. The number of allylic oxidation sites excluding steroid dienone is 4. The predicted octanol–water partition coefficient (Wildman–Crippen LogP) is 10.5. The number of fused-ring (bicyclic) bond motifs is 6. The molecule has 2 heterocycles. The number of rotatable bonds is 4. The molecule has 45 heavy (non-hydrogen) atoms. The number of hydrogen-bond donors (Lipinski definition) is 0. The first kappa shape index (κ1) is 25.6. The molecule has 0 aliphatic heterocycles. The molecule has 0 N–H and O–H groups in total. The molecule has 4 heteroatoms. The zero-order valence-electron chi connectivity index (χ0n) is 24.4. The molecule has 2 aromatic heterocycles. The van der Waals surface area contributed by atoms with Crippen LogP contribution in [-0.2, 0) is 0 Å². The van der Waals surface area contributed by atoms with Gasteiger partial charge in [-0.25, -0.2) is 15.0 Å². The molecule has 1 aliphatic rings. The lowest BCUT2D eigenvalue weighted by Crippen LogP contribution is -2.08. The van der Waals surface area contributed by atoms with Gasteiger partial charge in [0.1, 0.15) is 17.0 Å². The Morgan fingerprint density at radius 1 is 0.556 bits per heavy atom. The Morgan fingerprint density at radius 3 is 2.16 bits per heavy atom. The highest BCUT2D eigenvalue weighted by atomic mass is 16.3. The molecule has 0 saturated heterocycles. The molecule has 6 aromatic carbocycles. The van der Waals surface area contributed by atoms with E-state index in [1.165, 1.54) is 32.7 Å². The summed E-state index contributed by atoms with van der Waals surface area (Å²) in [7, 11) is 0. The third-order valence-corrected chi connectivity index (χ3v) is 8.84. The molecule has 0 radical (unpaired) electrons. The van der Waals surface area contributed by atoms with Gasteiger partial charge in [0.25, 0.3) is 0 Å². The fraction of sp³-hybridized carbons (Fsp3) is 0.0488. The lowest BCUT2D eigenvalue weighted by molar-refractivity contribution is 0.669. The first-order valence-electron chi connectivity index (χ1n) is 15.3. The summed E-state index contributed by atoms with van der Waals surface area (Å²) in [6, 6.07) is 44.1. The Hall–Kier alpha value is -5.87. The van der Waals surface area contributed by atoms with Crippen molar-refractivity contribution in [2.75, 3.05) is 0 Å². The Kier molecular flexibility index (Phi) is 5.91. The van der Waals surface area contributed by atoms with Gasteiger partial charge in [-0.3, -0.25) is 0 Å². The zero-order chi connectivity index (χ0) is 29.7. The van der Waals surface area contributed by atoms with Gasteiger partial charge < -0.3 is 4.42 Å². The molecule has 1 atom stereocenters. The van der Waals surface area contributed by atoms with Gasteiger partial charge in [-0.05, 0) is 57.3 Å². The maximum atomic E-state index is 6.19. The van der Waals surface area contributed by atoms with Crippen molar-refractivity contribution < 1.29 is 4.42 Å². The number of hydrogen-bond acceptors (Lipinski definition) is 4. The van der Waals surface area contributed by atoms with Crippen molar-refractivity contribution in [1.82, 2.24) is 15.0 Å². The van der Waals surface area contributed by atoms with E-state index in [2.05, 4.69) is 97.1 Å². The Morgan fingerprint density at radius 2 is 1.29 bits per heavy atom. The van der Waals surface area contributed by atoms with E-state index in [1.54, 1.807) is 0 Å². The molecule has 0 spiro atoms. The van der Waals surface area contributed by atoms with Crippen LogP contribution in [-0.4, -0.2) is 15.0 Å². The van der Waals surface area contributed by atoms with E-state index in [0.29, 0.717) is 11.6 Å². The van der Waals surface area contributed by atoms with Crippen molar-refractivity contribution in [3.63, 3.8) is 0 Å². The highest BCUT2D eigenvalue weighted by Crippen LogP contribution is 2.37. The highest BCUT2D eigenvalue weighted by Gasteiger charge is 2.21. The first-order chi connectivity index (χ1) is 22.3. The van der Waals surface area contributed by atoms with Crippen LogP contribution in [0.5, 0.6) is 0 Å². The van der Waals surface area contributed by atoms with Crippen molar-refractivity contribution in [3.8, 4) is 22.8 Å². The third-order valence-electron chi connectivity index (χ3n) is 8.84. The predicted molar refractivity (Wildman–Crippen MR) is 184 cm³/mol. The van der Waals surface area contributed by atoms with Crippen LogP contribution in [0.2, 0.25) is 0 Å². The van der Waals surface area contributed by atoms with Gasteiger partial charge in [-0.2, -0.15) is 0 Å². The molecule has 0 fully saturated rings. The summed E-state index contributed by atoms with van der Waals surface area (Å²) in [6.07, 6.45) is 7.57. The van der Waals surface area contributed by atoms with Crippen LogP contribution >= 0.6 is 0 Å². The fourth-order valence-electron chi connectivity index (χ4n) is 6.56. The topological polar surface area (TPSA) is 51.8 Å². The quantitative estimate of drug-likeness (QED) is 0.195. The lowest BCUT2D eigenvalue weighted by atomic mass is 9.91. The summed E-state index contributed by atoms with van der Waals surface area (Å²) in [5.74, 6) is 2.12. The average molecular weight is 578 g/mol. The Labute approximate surface area is 260 Å². The molecule has 0 bridgehead atoms. The van der Waals surface area contributed by atoms with Crippen molar-refractivity contribution in [1.29, 1.82) is 0 Å². The van der Waals surface area contributed by atoms with Crippen LogP contribution in [0.15, 0.2) is 150 Å². The van der Waals surface area contributed by atoms with Gasteiger partial charge in [0.2, 0.25) is 0 Å². The van der Waals surface area contributed by atoms with Crippen LogP contribution in [0.1, 0.15) is 23.7 Å². The monoisotopic (exact) mass is 577 g/mol. The molecule has 9 rings (SSSR count). The number of furan rings is 1. The molecule has 8 aromatic rings. The van der Waals surface area contributed by atoms with Crippen molar-refractivity contribution >= 4 is 49.1 Å². The molecule has 0 saturated carbocycles. The van der Waals surface area contributed by atoms with E-state index in [4.69, 9.17) is 19.4 Å². The normalized spacial score (nSPS) is 14.8. The van der Waals surface area contributed by atoms with Crippen LogP contribution in [0.4, 0.5) is 0 Å². The summed E-state index contributed by atoms with van der Waals surface area (Å²) in [4.78, 5) is 15.2. The van der Waals surface area contributed by atoms with Gasteiger partial charge in [-0.15, -0.1) is 0 Å². The van der Waals surface area contributed by atoms with Crippen molar-refractivity contribution in [2.24, 2.45) is 0 Å². The van der Waals surface area contributed by atoms with E-state index >= 15 is 0 Å². The number of nitrogens with zero attached hydrogens (tertiary/aromatic N) is 3. The lowest BCUT2D eigenvalue weighted by Gasteiger charge is -2.17. The maximum Gasteiger partial charge on any atom is 0.164 e. The third kappa shape index (κ3) is 4.42. The Bertz CT molecular complexity index is 2470. The minimum Gasteiger partial charge on any atom is -0.456 e. The number of benzene rings is 6. The molecule has 1 aliphatic carbocycles. The second kappa shape index (κ2) is 10.4. The summed E-state index contributed by atoms with van der Waals surface area (Å²) >= 11 is 0. The summed E-state index contributed by atoms with van der Waals surface area (Å²) in [5, 5.41) is 7.14. The van der Waals surface area contributed by atoms with E-state index in [0.717, 1.165) is 45.3 Å².